The van der Waals surface area contributed by atoms with Crippen LogP contribution in [0.4, 0.5) is 0 Å². The van der Waals surface area contributed by atoms with E-state index in [9.17, 15) is 4.79 Å². The summed E-state index contributed by atoms with van der Waals surface area (Å²) in [4.78, 5) is 16.6. The van der Waals surface area contributed by atoms with Crippen LogP contribution in [-0.2, 0) is 4.79 Å². The van der Waals surface area contributed by atoms with Crippen LogP contribution in [0.2, 0.25) is 5.02 Å². The summed E-state index contributed by atoms with van der Waals surface area (Å²) >= 11 is 7.25. The smallest absolute Gasteiger partial charge is 0.230 e. The first-order chi connectivity index (χ1) is 11.7. The highest BCUT2D eigenvalue weighted by Crippen LogP contribution is 2.44. The van der Waals surface area contributed by atoms with E-state index in [2.05, 4.69) is 20.5 Å². The van der Waals surface area contributed by atoms with Gasteiger partial charge in [0.05, 0.1) is 5.75 Å². The zero-order valence-electron chi connectivity index (χ0n) is 13.2. The van der Waals surface area contributed by atoms with Gasteiger partial charge in [-0.25, -0.2) is 4.98 Å². The second kappa shape index (κ2) is 6.76. The van der Waals surface area contributed by atoms with E-state index in [1.54, 1.807) is 0 Å². The molecule has 0 spiro atoms. The predicted octanol–water partition coefficient (Wildman–Crippen LogP) is 3.52. The Bertz CT molecular complexity index is 732. The fraction of sp³-hybridized carbons (Fsp3) is 0.471. The van der Waals surface area contributed by atoms with E-state index in [0.717, 1.165) is 17.9 Å². The Balaban J connectivity index is 1.30. The van der Waals surface area contributed by atoms with E-state index in [4.69, 9.17) is 11.6 Å². The maximum absolute atomic E-state index is 12.2. The number of carbonyl (C=O) groups is 1. The maximum atomic E-state index is 12.2. The van der Waals surface area contributed by atoms with Gasteiger partial charge in [-0.3, -0.25) is 9.89 Å². The van der Waals surface area contributed by atoms with Crippen molar-refractivity contribution in [3.63, 3.8) is 0 Å². The van der Waals surface area contributed by atoms with Crippen LogP contribution < -0.4 is 5.32 Å². The van der Waals surface area contributed by atoms with Crippen LogP contribution in [0.25, 0.3) is 11.4 Å². The lowest BCUT2D eigenvalue weighted by molar-refractivity contribution is -0.119. The topological polar surface area (TPSA) is 70.7 Å². The third kappa shape index (κ3) is 3.44. The number of amides is 1. The first-order valence-electron chi connectivity index (χ1n) is 8.28. The van der Waals surface area contributed by atoms with Crippen LogP contribution in [0, 0.1) is 11.8 Å². The number of aromatic amines is 1. The number of fused-ring (bicyclic) bond motifs is 2. The number of halogens is 1. The number of hydrogen-bond donors (Lipinski definition) is 2. The van der Waals surface area contributed by atoms with Gasteiger partial charge in [0.2, 0.25) is 11.1 Å². The molecule has 1 amide bonds. The van der Waals surface area contributed by atoms with E-state index >= 15 is 0 Å². The second-order valence-electron chi connectivity index (χ2n) is 6.61. The van der Waals surface area contributed by atoms with Crippen molar-refractivity contribution in [1.29, 1.82) is 0 Å². The summed E-state index contributed by atoms with van der Waals surface area (Å²) < 4.78 is 0. The number of hydrogen-bond acceptors (Lipinski definition) is 4. The average molecular weight is 363 g/mol. The molecule has 7 heteroatoms. The Morgan fingerprint density at radius 2 is 2.12 bits per heavy atom. The molecule has 126 valence electrons. The third-order valence-electron chi connectivity index (χ3n) is 5.00. The van der Waals surface area contributed by atoms with Gasteiger partial charge in [0.25, 0.3) is 0 Å². The summed E-state index contributed by atoms with van der Waals surface area (Å²) in [6, 6.07) is 7.79. The van der Waals surface area contributed by atoms with Crippen LogP contribution in [0.3, 0.4) is 0 Å². The van der Waals surface area contributed by atoms with Crippen molar-refractivity contribution in [3.8, 4) is 11.4 Å². The monoisotopic (exact) mass is 362 g/mol. The molecule has 1 heterocycles. The molecule has 2 bridgehead atoms. The lowest BCUT2D eigenvalue weighted by atomic mass is 9.95. The maximum Gasteiger partial charge on any atom is 0.230 e. The van der Waals surface area contributed by atoms with E-state index < -0.39 is 0 Å². The molecule has 0 radical (unpaired) electrons. The average Bonchev–Trinajstić information content (AvgIpc) is 3.30. The van der Waals surface area contributed by atoms with Crippen molar-refractivity contribution in [3.05, 3.63) is 29.3 Å². The van der Waals surface area contributed by atoms with Crippen molar-refractivity contribution in [2.24, 2.45) is 11.8 Å². The predicted molar refractivity (Wildman–Crippen MR) is 94.9 cm³/mol. The Labute approximate surface area is 150 Å². The minimum absolute atomic E-state index is 0.0791. The molecule has 5 nitrogen and oxygen atoms in total. The van der Waals surface area contributed by atoms with Gasteiger partial charge < -0.3 is 5.32 Å². The van der Waals surface area contributed by atoms with E-state index in [1.165, 1.54) is 31.0 Å². The lowest BCUT2D eigenvalue weighted by Gasteiger charge is -2.22. The van der Waals surface area contributed by atoms with Crippen molar-refractivity contribution in [2.75, 3.05) is 5.75 Å². The minimum atomic E-state index is 0.0791. The van der Waals surface area contributed by atoms with Crippen molar-refractivity contribution >= 4 is 29.3 Å². The molecule has 2 saturated carbocycles. The van der Waals surface area contributed by atoms with Gasteiger partial charge in [-0.15, -0.1) is 5.10 Å². The summed E-state index contributed by atoms with van der Waals surface area (Å²) in [5.41, 5.74) is 0.921. The van der Waals surface area contributed by atoms with Crippen molar-refractivity contribution < 1.29 is 4.79 Å². The molecule has 2 aromatic rings. The van der Waals surface area contributed by atoms with Gasteiger partial charge in [-0.1, -0.05) is 29.8 Å². The fourth-order valence-corrected chi connectivity index (χ4v) is 4.58. The molecular formula is C17H19ClN4OS. The standard InChI is InChI=1S/C17H19ClN4OS/c18-13-5-3-11(4-6-13)16-20-17(22-21-16)24-9-15(23)19-14-8-10-1-2-12(14)7-10/h3-6,10,12,14H,1-2,7-9H2,(H,19,23)(H,20,21,22)/t10-,12-,14-/m1/s1. The number of nitrogens with one attached hydrogen (secondary N) is 2. The first kappa shape index (κ1) is 16.0. The number of rotatable bonds is 5. The quantitative estimate of drug-likeness (QED) is 0.798. The number of benzene rings is 1. The normalized spacial score (nSPS) is 25.1. The van der Waals surface area contributed by atoms with E-state index in [1.807, 2.05) is 24.3 Å². The molecule has 2 N–H and O–H groups in total. The zero-order chi connectivity index (χ0) is 16.5. The molecule has 2 aliphatic rings. The molecule has 0 unspecified atom stereocenters. The lowest BCUT2D eigenvalue weighted by Crippen LogP contribution is -2.39. The van der Waals surface area contributed by atoms with Gasteiger partial charge >= 0.3 is 0 Å². The molecule has 4 rings (SSSR count). The minimum Gasteiger partial charge on any atom is -0.352 e. The van der Waals surface area contributed by atoms with Crippen LogP contribution in [-0.4, -0.2) is 32.9 Å². The first-order valence-corrected chi connectivity index (χ1v) is 9.64. The Morgan fingerprint density at radius 1 is 1.29 bits per heavy atom. The summed E-state index contributed by atoms with van der Waals surface area (Å²) in [5.74, 6) is 2.65. The Kier molecular flexibility index (Phi) is 4.50. The second-order valence-corrected chi connectivity index (χ2v) is 7.99. The van der Waals surface area contributed by atoms with Gasteiger partial charge in [0, 0.05) is 16.6 Å². The Hall–Kier alpha value is -1.53. The van der Waals surface area contributed by atoms with Crippen LogP contribution in [0.1, 0.15) is 25.7 Å². The van der Waals surface area contributed by atoms with Crippen LogP contribution in [0.15, 0.2) is 29.4 Å². The number of H-pyrrole nitrogens is 1. The third-order valence-corrected chi connectivity index (χ3v) is 6.10. The summed E-state index contributed by atoms with van der Waals surface area (Å²) in [5, 5.41) is 11.5. The van der Waals surface area contributed by atoms with Gasteiger partial charge in [0.1, 0.15) is 0 Å². The summed E-state index contributed by atoms with van der Waals surface area (Å²) in [7, 11) is 0. The zero-order valence-corrected chi connectivity index (χ0v) is 14.7. The summed E-state index contributed by atoms with van der Waals surface area (Å²) in [6.07, 6.45) is 5.07. The van der Waals surface area contributed by atoms with Crippen LogP contribution in [0.5, 0.6) is 0 Å². The van der Waals surface area contributed by atoms with Crippen LogP contribution >= 0.6 is 23.4 Å². The molecule has 2 fully saturated rings. The molecule has 3 atom stereocenters. The molecule has 24 heavy (non-hydrogen) atoms. The van der Waals surface area contributed by atoms with Gasteiger partial charge in [-0.05, 0) is 55.4 Å². The highest BCUT2D eigenvalue weighted by molar-refractivity contribution is 7.99. The fourth-order valence-electron chi connectivity index (χ4n) is 3.85. The number of carbonyl (C=O) groups excluding carboxylic acids is 1. The highest BCUT2D eigenvalue weighted by atomic mass is 35.5. The molecule has 2 aliphatic carbocycles. The molecular weight excluding hydrogens is 344 g/mol. The van der Waals surface area contributed by atoms with Gasteiger partial charge in [0.15, 0.2) is 5.82 Å². The molecule has 1 aromatic heterocycles. The molecule has 1 aromatic carbocycles. The summed E-state index contributed by atoms with van der Waals surface area (Å²) in [6.45, 7) is 0. The van der Waals surface area contributed by atoms with Gasteiger partial charge in [-0.2, -0.15) is 0 Å². The SMILES string of the molecule is O=C(CSc1n[nH]c(-c2ccc(Cl)cc2)n1)N[C@@H]1C[C@@H]2CC[C@@H]1C2. The number of nitrogens with zero attached hydrogens (tertiary/aromatic N) is 2. The number of thioether (sulfide) groups is 1. The van der Waals surface area contributed by atoms with E-state index in [-0.39, 0.29) is 5.91 Å². The van der Waals surface area contributed by atoms with E-state index in [0.29, 0.717) is 33.7 Å². The highest BCUT2D eigenvalue weighted by Gasteiger charge is 2.39. The van der Waals surface area contributed by atoms with Crippen molar-refractivity contribution in [1.82, 2.24) is 20.5 Å². The molecule has 0 saturated heterocycles. The molecule has 0 aliphatic heterocycles. The van der Waals surface area contributed by atoms with Crippen molar-refractivity contribution in [2.45, 2.75) is 36.9 Å². The Morgan fingerprint density at radius 3 is 2.83 bits per heavy atom. The number of aromatic nitrogens is 3. The largest absolute Gasteiger partial charge is 0.352 e.